The van der Waals surface area contributed by atoms with Gasteiger partial charge < -0.3 is 10.2 Å². The number of hydrogen-bond acceptors (Lipinski definition) is 2. The number of halogens is 2. The van der Waals surface area contributed by atoms with Crippen molar-refractivity contribution in [3.8, 4) is 0 Å². The minimum absolute atomic E-state index is 0.0374. The number of piperidine rings is 1. The van der Waals surface area contributed by atoms with Crippen molar-refractivity contribution < 1.29 is 18.4 Å². The summed E-state index contributed by atoms with van der Waals surface area (Å²) in [6.07, 6.45) is 1.29. The van der Waals surface area contributed by atoms with Crippen LogP contribution in [0.4, 0.5) is 14.5 Å². The van der Waals surface area contributed by atoms with Gasteiger partial charge in [-0.25, -0.2) is 8.78 Å². The highest BCUT2D eigenvalue weighted by Gasteiger charge is 2.27. The average molecular weight is 358 g/mol. The van der Waals surface area contributed by atoms with Crippen LogP contribution in [0.3, 0.4) is 0 Å². The zero-order valence-corrected chi connectivity index (χ0v) is 14.3. The Kier molecular flexibility index (Phi) is 5.61. The number of rotatable bonds is 4. The minimum atomic E-state index is -0.465. The first-order chi connectivity index (χ1) is 12.5. The van der Waals surface area contributed by atoms with E-state index in [0.29, 0.717) is 25.9 Å². The van der Waals surface area contributed by atoms with E-state index in [1.54, 1.807) is 29.2 Å². The Bertz CT molecular complexity index is 785. The lowest BCUT2D eigenvalue weighted by Crippen LogP contribution is -2.42. The van der Waals surface area contributed by atoms with Gasteiger partial charge in [0.05, 0.1) is 12.1 Å². The van der Waals surface area contributed by atoms with Crippen molar-refractivity contribution in [2.75, 3.05) is 18.4 Å². The summed E-state index contributed by atoms with van der Waals surface area (Å²) in [5.74, 6) is -1.30. The molecule has 0 aliphatic carbocycles. The summed E-state index contributed by atoms with van der Waals surface area (Å²) in [5.41, 5.74) is 0.933. The fourth-order valence-corrected chi connectivity index (χ4v) is 3.08. The van der Waals surface area contributed by atoms with Gasteiger partial charge in [0.15, 0.2) is 0 Å². The predicted molar refractivity (Wildman–Crippen MR) is 94.4 cm³/mol. The van der Waals surface area contributed by atoms with Gasteiger partial charge in [0.2, 0.25) is 11.8 Å². The molecule has 0 unspecified atom stereocenters. The Hall–Kier alpha value is -2.76. The van der Waals surface area contributed by atoms with Crippen molar-refractivity contribution in [1.82, 2.24) is 4.90 Å². The van der Waals surface area contributed by atoms with E-state index in [1.165, 1.54) is 24.3 Å². The second-order valence-corrected chi connectivity index (χ2v) is 6.43. The molecule has 1 saturated heterocycles. The number of amides is 2. The maximum atomic E-state index is 13.6. The third kappa shape index (κ3) is 4.45. The fourth-order valence-electron chi connectivity index (χ4n) is 3.08. The molecule has 1 aliphatic heterocycles. The van der Waals surface area contributed by atoms with E-state index in [-0.39, 0.29) is 35.7 Å². The van der Waals surface area contributed by atoms with Crippen molar-refractivity contribution in [2.45, 2.75) is 19.3 Å². The second kappa shape index (κ2) is 8.08. The lowest BCUT2D eigenvalue weighted by molar-refractivity contribution is -0.133. The van der Waals surface area contributed by atoms with Gasteiger partial charge in [-0.1, -0.05) is 24.3 Å². The molecule has 1 aliphatic rings. The van der Waals surface area contributed by atoms with Crippen LogP contribution in [-0.2, 0) is 16.0 Å². The third-order valence-corrected chi connectivity index (χ3v) is 4.62. The topological polar surface area (TPSA) is 49.4 Å². The van der Waals surface area contributed by atoms with Crippen molar-refractivity contribution in [3.63, 3.8) is 0 Å². The van der Waals surface area contributed by atoms with Gasteiger partial charge in [0.1, 0.15) is 11.6 Å². The number of carbonyl (C=O) groups excluding carboxylic acids is 2. The van der Waals surface area contributed by atoms with Crippen molar-refractivity contribution in [1.29, 1.82) is 0 Å². The molecule has 0 atom stereocenters. The Morgan fingerprint density at radius 2 is 1.65 bits per heavy atom. The molecule has 6 heteroatoms. The monoisotopic (exact) mass is 358 g/mol. The van der Waals surface area contributed by atoms with Gasteiger partial charge >= 0.3 is 0 Å². The van der Waals surface area contributed by atoms with Crippen LogP contribution in [-0.4, -0.2) is 29.8 Å². The largest absolute Gasteiger partial charge is 0.342 e. The molecular formula is C20H20F2N2O2. The van der Waals surface area contributed by atoms with Crippen LogP contribution >= 0.6 is 0 Å². The first-order valence-corrected chi connectivity index (χ1v) is 8.60. The van der Waals surface area contributed by atoms with Crippen molar-refractivity contribution >= 4 is 17.5 Å². The quantitative estimate of drug-likeness (QED) is 0.911. The molecular weight excluding hydrogens is 338 g/mol. The average Bonchev–Trinajstić information content (AvgIpc) is 2.65. The van der Waals surface area contributed by atoms with Gasteiger partial charge in [-0.3, -0.25) is 9.59 Å². The summed E-state index contributed by atoms with van der Waals surface area (Å²) in [5, 5.41) is 2.62. The number of carbonyl (C=O) groups is 2. The molecule has 0 aromatic heterocycles. The summed E-state index contributed by atoms with van der Waals surface area (Å²) >= 11 is 0. The van der Waals surface area contributed by atoms with Crippen LogP contribution in [0, 0.1) is 17.6 Å². The van der Waals surface area contributed by atoms with E-state index in [9.17, 15) is 18.4 Å². The Morgan fingerprint density at radius 3 is 2.31 bits per heavy atom. The van der Waals surface area contributed by atoms with Gasteiger partial charge in [-0.05, 0) is 42.7 Å². The number of anilines is 1. The smallest absolute Gasteiger partial charge is 0.227 e. The summed E-state index contributed by atoms with van der Waals surface area (Å²) in [6, 6.07) is 11.9. The standard InChI is InChI=1S/C20H20F2N2O2/c21-16-7-5-14(6-8-16)13-19(25)24-11-9-15(10-12-24)20(26)23-18-4-2-1-3-17(18)22/h1-8,15H,9-13H2,(H,23,26). The zero-order chi connectivity index (χ0) is 18.5. The molecule has 1 N–H and O–H groups in total. The molecule has 136 valence electrons. The number of benzene rings is 2. The fraction of sp³-hybridized carbons (Fsp3) is 0.300. The van der Waals surface area contributed by atoms with Crippen LogP contribution < -0.4 is 5.32 Å². The highest BCUT2D eigenvalue weighted by atomic mass is 19.1. The minimum Gasteiger partial charge on any atom is -0.342 e. The normalized spacial score (nSPS) is 14.9. The van der Waals surface area contributed by atoms with E-state index in [4.69, 9.17) is 0 Å². The van der Waals surface area contributed by atoms with Gasteiger partial charge in [0, 0.05) is 19.0 Å². The van der Waals surface area contributed by atoms with Crippen LogP contribution in [0.1, 0.15) is 18.4 Å². The van der Waals surface area contributed by atoms with Gasteiger partial charge in [-0.15, -0.1) is 0 Å². The first-order valence-electron chi connectivity index (χ1n) is 8.60. The lowest BCUT2D eigenvalue weighted by atomic mass is 9.95. The van der Waals surface area contributed by atoms with Crippen molar-refractivity contribution in [2.24, 2.45) is 5.92 Å². The van der Waals surface area contributed by atoms with Crippen LogP contribution in [0.15, 0.2) is 48.5 Å². The molecule has 4 nitrogen and oxygen atoms in total. The highest BCUT2D eigenvalue weighted by Crippen LogP contribution is 2.21. The summed E-state index contributed by atoms with van der Waals surface area (Å²) in [4.78, 5) is 26.4. The number of nitrogens with one attached hydrogen (secondary N) is 1. The van der Waals surface area contributed by atoms with Crippen LogP contribution in [0.25, 0.3) is 0 Å². The number of nitrogens with zero attached hydrogens (tertiary/aromatic N) is 1. The molecule has 0 saturated carbocycles. The molecule has 2 amide bonds. The van der Waals surface area contributed by atoms with Crippen LogP contribution in [0.5, 0.6) is 0 Å². The maximum absolute atomic E-state index is 13.6. The SMILES string of the molecule is O=C(Nc1ccccc1F)C1CCN(C(=O)Cc2ccc(F)cc2)CC1. The van der Waals surface area contributed by atoms with E-state index < -0.39 is 5.82 Å². The molecule has 26 heavy (non-hydrogen) atoms. The van der Waals surface area contributed by atoms with Crippen molar-refractivity contribution in [3.05, 3.63) is 65.7 Å². The number of hydrogen-bond donors (Lipinski definition) is 1. The molecule has 1 fully saturated rings. The van der Waals surface area contributed by atoms with E-state index >= 15 is 0 Å². The van der Waals surface area contributed by atoms with Gasteiger partial charge in [-0.2, -0.15) is 0 Å². The Labute approximate surface area is 150 Å². The summed E-state index contributed by atoms with van der Waals surface area (Å²) in [6.45, 7) is 0.963. The predicted octanol–water partition coefficient (Wildman–Crippen LogP) is 3.38. The van der Waals surface area contributed by atoms with Crippen LogP contribution in [0.2, 0.25) is 0 Å². The molecule has 1 heterocycles. The Morgan fingerprint density at radius 1 is 1.00 bits per heavy atom. The van der Waals surface area contributed by atoms with E-state index in [1.807, 2.05) is 0 Å². The summed E-state index contributed by atoms with van der Waals surface area (Å²) < 4.78 is 26.5. The number of likely N-dealkylation sites (tertiary alicyclic amines) is 1. The van der Waals surface area contributed by atoms with E-state index in [0.717, 1.165) is 5.56 Å². The Balaban J connectivity index is 1.50. The lowest BCUT2D eigenvalue weighted by Gasteiger charge is -2.31. The number of para-hydroxylation sites is 1. The second-order valence-electron chi connectivity index (χ2n) is 6.43. The molecule has 2 aromatic rings. The maximum Gasteiger partial charge on any atom is 0.227 e. The molecule has 0 spiro atoms. The summed E-state index contributed by atoms with van der Waals surface area (Å²) in [7, 11) is 0. The third-order valence-electron chi connectivity index (χ3n) is 4.62. The molecule has 0 radical (unpaired) electrons. The first kappa shape index (κ1) is 18.0. The molecule has 2 aromatic carbocycles. The zero-order valence-electron chi connectivity index (χ0n) is 14.3. The highest BCUT2D eigenvalue weighted by molar-refractivity contribution is 5.92. The van der Waals surface area contributed by atoms with E-state index in [2.05, 4.69) is 5.32 Å². The molecule has 0 bridgehead atoms. The van der Waals surface area contributed by atoms with Gasteiger partial charge in [0.25, 0.3) is 0 Å². The molecule has 3 rings (SSSR count).